The lowest BCUT2D eigenvalue weighted by Crippen LogP contribution is -2.49. The van der Waals surface area contributed by atoms with E-state index in [1.807, 2.05) is 0 Å². The third-order valence-corrected chi connectivity index (χ3v) is 8.96. The van der Waals surface area contributed by atoms with Crippen molar-refractivity contribution in [3.8, 4) is 5.75 Å². The lowest BCUT2D eigenvalue weighted by molar-refractivity contribution is 0.0303. The Labute approximate surface area is 208 Å². The highest BCUT2D eigenvalue weighted by atomic mass is 32.2. The summed E-state index contributed by atoms with van der Waals surface area (Å²) in [6.07, 6.45) is -0.217. The lowest BCUT2D eigenvalue weighted by atomic mass is 10.1. The maximum absolute atomic E-state index is 13.5. The summed E-state index contributed by atoms with van der Waals surface area (Å²) < 4.78 is 80.3. The van der Waals surface area contributed by atoms with E-state index >= 15 is 0 Å². The van der Waals surface area contributed by atoms with Gasteiger partial charge in [-0.15, -0.1) is 0 Å². The molecule has 0 bridgehead atoms. The number of sulfonamides is 2. The van der Waals surface area contributed by atoms with Crippen LogP contribution < -0.4 is 19.1 Å². The van der Waals surface area contributed by atoms with Gasteiger partial charge in [-0.1, -0.05) is 0 Å². The predicted octanol–water partition coefficient (Wildman–Crippen LogP) is 2.36. The smallest absolute Gasteiger partial charge is 0.409 e. The molecule has 1 amide bonds. The number of fused-ring (bicyclic) bond motifs is 1. The largest absolute Gasteiger partial charge is 0.485 e. The molecule has 0 radical (unpaired) electrons. The van der Waals surface area contributed by atoms with Gasteiger partial charge < -0.3 is 14.6 Å². The summed E-state index contributed by atoms with van der Waals surface area (Å²) in [7, 11) is -7.96. The first kappa shape index (κ1) is 26.1. The first-order chi connectivity index (χ1) is 17.0. The van der Waals surface area contributed by atoms with E-state index in [9.17, 15) is 26.0 Å². The molecular formula is C22H26FN3O8S2. The molecule has 1 fully saturated rings. The number of carboxylic acid groups (broad SMARTS) is 1. The zero-order valence-electron chi connectivity index (χ0n) is 19.1. The number of anilines is 2. The molecule has 0 spiro atoms. The predicted molar refractivity (Wildman–Crippen MR) is 129 cm³/mol. The SMILES string of the molecule is O=C(O)Nc1ccc2c(c1)N(S(=O)(=O)c1ccc(F)cc1)C[C@H](CNS(=O)(=O)CC1CCCCO1)O2. The van der Waals surface area contributed by atoms with Gasteiger partial charge in [-0.05, 0) is 61.7 Å². The van der Waals surface area contributed by atoms with Crippen molar-refractivity contribution in [3.05, 3.63) is 48.3 Å². The van der Waals surface area contributed by atoms with Crippen molar-refractivity contribution in [3.63, 3.8) is 0 Å². The van der Waals surface area contributed by atoms with Gasteiger partial charge in [-0.3, -0.25) is 9.62 Å². The molecule has 2 aromatic carbocycles. The van der Waals surface area contributed by atoms with Crippen molar-refractivity contribution in [1.29, 1.82) is 0 Å². The molecule has 2 atom stereocenters. The van der Waals surface area contributed by atoms with Crippen LogP contribution in [-0.2, 0) is 24.8 Å². The Balaban J connectivity index is 1.58. The molecule has 2 aliphatic heterocycles. The molecule has 14 heteroatoms. The number of carbonyl (C=O) groups is 1. The first-order valence-corrected chi connectivity index (χ1v) is 14.3. The van der Waals surface area contributed by atoms with Gasteiger partial charge in [0.25, 0.3) is 10.0 Å². The standard InChI is InChI=1S/C22H26FN3O8S2/c23-15-4-7-19(8-5-15)36(31,32)26-13-18(12-24-35(29,30)14-17-3-1-2-10-33-17)34-21-9-6-16(11-20(21)26)25-22(27)28/h4-9,11,17-18,24-25H,1-3,10,12-14H2,(H,27,28)/t17?,18-/m0/s1. The van der Waals surface area contributed by atoms with E-state index in [-0.39, 0.29) is 40.9 Å². The number of nitrogens with one attached hydrogen (secondary N) is 2. The van der Waals surface area contributed by atoms with Crippen LogP contribution in [0.2, 0.25) is 0 Å². The molecule has 4 rings (SSSR count). The number of rotatable bonds is 8. The number of halogens is 1. The summed E-state index contributed by atoms with van der Waals surface area (Å²) in [4.78, 5) is 10.9. The quantitative estimate of drug-likeness (QED) is 0.459. The van der Waals surface area contributed by atoms with E-state index in [0.29, 0.717) is 13.0 Å². The van der Waals surface area contributed by atoms with Crippen molar-refractivity contribution in [2.24, 2.45) is 0 Å². The molecule has 3 N–H and O–H groups in total. The van der Waals surface area contributed by atoms with Gasteiger partial charge in [0.2, 0.25) is 10.0 Å². The van der Waals surface area contributed by atoms with E-state index in [1.54, 1.807) is 0 Å². The molecule has 196 valence electrons. The minimum absolute atomic E-state index is 0.0558. The number of amides is 1. The Morgan fingerprint density at radius 1 is 1.08 bits per heavy atom. The maximum atomic E-state index is 13.5. The molecule has 1 unspecified atom stereocenters. The first-order valence-electron chi connectivity index (χ1n) is 11.2. The molecule has 2 aromatic rings. The number of benzene rings is 2. The fraction of sp³-hybridized carbons (Fsp3) is 0.409. The second-order valence-corrected chi connectivity index (χ2v) is 12.2. The van der Waals surface area contributed by atoms with Crippen LogP contribution >= 0.6 is 0 Å². The average Bonchev–Trinajstić information content (AvgIpc) is 2.82. The zero-order valence-corrected chi connectivity index (χ0v) is 20.7. The van der Waals surface area contributed by atoms with Crippen molar-refractivity contribution < 1.29 is 40.6 Å². The normalized spacial score (nSPS) is 20.3. The summed E-state index contributed by atoms with van der Waals surface area (Å²) in [5.41, 5.74) is 0.163. The van der Waals surface area contributed by atoms with E-state index in [0.717, 1.165) is 41.4 Å². The summed E-state index contributed by atoms with van der Waals surface area (Å²) >= 11 is 0. The highest BCUT2D eigenvalue weighted by Crippen LogP contribution is 2.39. The van der Waals surface area contributed by atoms with Gasteiger partial charge in [0.05, 0.1) is 29.0 Å². The van der Waals surface area contributed by atoms with Crippen molar-refractivity contribution >= 4 is 37.5 Å². The third-order valence-electron chi connectivity index (χ3n) is 5.75. The molecule has 0 saturated carbocycles. The van der Waals surface area contributed by atoms with Crippen LogP contribution in [0.15, 0.2) is 47.4 Å². The average molecular weight is 544 g/mol. The second kappa shape index (κ2) is 10.6. The zero-order chi connectivity index (χ0) is 25.9. The van der Waals surface area contributed by atoms with Gasteiger partial charge in [0, 0.05) is 18.8 Å². The Hall–Kier alpha value is -2.94. The Morgan fingerprint density at radius 2 is 1.83 bits per heavy atom. The van der Waals surface area contributed by atoms with E-state index in [2.05, 4.69) is 10.0 Å². The lowest BCUT2D eigenvalue weighted by Gasteiger charge is -2.36. The minimum Gasteiger partial charge on any atom is -0.485 e. The molecule has 0 aromatic heterocycles. The molecule has 1 saturated heterocycles. The molecule has 0 aliphatic carbocycles. The highest BCUT2D eigenvalue weighted by Gasteiger charge is 2.35. The van der Waals surface area contributed by atoms with Crippen LogP contribution in [0.3, 0.4) is 0 Å². The second-order valence-electron chi connectivity index (χ2n) is 8.46. The minimum atomic E-state index is -4.23. The molecule has 36 heavy (non-hydrogen) atoms. The molecule has 2 aliphatic rings. The third kappa shape index (κ3) is 6.24. The van der Waals surface area contributed by atoms with Crippen LogP contribution in [-0.4, -0.2) is 65.7 Å². The van der Waals surface area contributed by atoms with Crippen molar-refractivity contribution in [1.82, 2.24) is 4.72 Å². The van der Waals surface area contributed by atoms with Gasteiger partial charge in [0.1, 0.15) is 17.7 Å². The summed E-state index contributed by atoms with van der Waals surface area (Å²) in [5, 5.41) is 11.2. The number of ether oxygens (including phenoxy) is 2. The molecule has 11 nitrogen and oxygen atoms in total. The Kier molecular flexibility index (Phi) is 7.68. The van der Waals surface area contributed by atoms with Gasteiger partial charge in [0.15, 0.2) is 0 Å². The number of hydrogen-bond acceptors (Lipinski definition) is 7. The fourth-order valence-corrected chi connectivity index (χ4v) is 6.85. The van der Waals surface area contributed by atoms with Gasteiger partial charge in [-0.25, -0.2) is 30.7 Å². The van der Waals surface area contributed by atoms with Gasteiger partial charge in [-0.2, -0.15) is 0 Å². The van der Waals surface area contributed by atoms with Crippen LogP contribution in [0.25, 0.3) is 0 Å². The number of nitrogens with zero attached hydrogens (tertiary/aromatic N) is 1. The van der Waals surface area contributed by atoms with E-state index < -0.39 is 44.2 Å². The maximum Gasteiger partial charge on any atom is 0.409 e. The summed E-state index contributed by atoms with van der Waals surface area (Å²) in [5.74, 6) is -0.709. The topological polar surface area (TPSA) is 151 Å². The highest BCUT2D eigenvalue weighted by molar-refractivity contribution is 7.92. The van der Waals surface area contributed by atoms with E-state index in [1.165, 1.54) is 18.2 Å². The molecular weight excluding hydrogens is 517 g/mol. The van der Waals surface area contributed by atoms with Gasteiger partial charge >= 0.3 is 6.09 Å². The van der Waals surface area contributed by atoms with E-state index in [4.69, 9.17) is 14.6 Å². The van der Waals surface area contributed by atoms with Crippen LogP contribution in [0.5, 0.6) is 5.75 Å². The summed E-state index contributed by atoms with van der Waals surface area (Å²) in [6.45, 7) is 0.0301. The molecule has 2 heterocycles. The Morgan fingerprint density at radius 3 is 2.50 bits per heavy atom. The monoisotopic (exact) mass is 543 g/mol. The van der Waals surface area contributed by atoms with Crippen LogP contribution in [0, 0.1) is 5.82 Å². The van der Waals surface area contributed by atoms with Crippen LogP contribution in [0.4, 0.5) is 20.6 Å². The van der Waals surface area contributed by atoms with Crippen LogP contribution in [0.1, 0.15) is 19.3 Å². The Bertz CT molecular complexity index is 1310. The van der Waals surface area contributed by atoms with Crippen molar-refractivity contribution in [2.45, 2.75) is 36.4 Å². The summed E-state index contributed by atoms with van der Waals surface area (Å²) in [6, 6.07) is 8.32. The fourth-order valence-electron chi connectivity index (χ4n) is 4.04. The van der Waals surface area contributed by atoms with Crippen molar-refractivity contribution in [2.75, 3.05) is 35.1 Å². The number of hydrogen-bond donors (Lipinski definition) is 3.